The number of hydrogen-bond acceptors (Lipinski definition) is 5. The standard InChI is InChI=1S/C23H19BrN4O5/c24-15-7-9-16(10-8-15)26-21(30)14-27-19-6-2-1-5-18(19)22(31)28(23(27)32)13-20(29)25-12-17-4-3-11-33-17/h1-11H,12-14H2,(H,25,29)(H,26,30). The van der Waals surface area contributed by atoms with Crippen molar-refractivity contribution in [2.24, 2.45) is 0 Å². The Morgan fingerprint density at radius 2 is 1.61 bits per heavy atom. The topological polar surface area (TPSA) is 115 Å². The van der Waals surface area contributed by atoms with Crippen molar-refractivity contribution >= 4 is 44.3 Å². The van der Waals surface area contributed by atoms with E-state index in [1.165, 1.54) is 10.8 Å². The van der Waals surface area contributed by atoms with Crippen molar-refractivity contribution in [2.45, 2.75) is 19.6 Å². The third-order valence-electron chi connectivity index (χ3n) is 4.90. The minimum absolute atomic E-state index is 0.123. The maximum atomic E-state index is 13.1. The summed E-state index contributed by atoms with van der Waals surface area (Å²) in [5, 5.41) is 5.56. The minimum atomic E-state index is -0.752. The Morgan fingerprint density at radius 3 is 2.33 bits per heavy atom. The molecule has 4 aromatic rings. The van der Waals surface area contributed by atoms with Gasteiger partial charge < -0.3 is 15.1 Å². The van der Waals surface area contributed by atoms with Crippen molar-refractivity contribution in [1.29, 1.82) is 0 Å². The van der Waals surface area contributed by atoms with Gasteiger partial charge in [-0.2, -0.15) is 0 Å². The Kier molecular flexibility index (Phi) is 6.55. The number of hydrogen-bond donors (Lipinski definition) is 2. The number of amides is 2. The van der Waals surface area contributed by atoms with Gasteiger partial charge in [-0.3, -0.25) is 23.5 Å². The number of rotatable bonds is 7. The van der Waals surface area contributed by atoms with Gasteiger partial charge in [-0.25, -0.2) is 4.79 Å². The maximum absolute atomic E-state index is 13.1. The summed E-state index contributed by atoms with van der Waals surface area (Å²) in [4.78, 5) is 51.1. The van der Waals surface area contributed by atoms with Gasteiger partial charge >= 0.3 is 5.69 Å². The first-order valence-corrected chi connectivity index (χ1v) is 10.8. The van der Waals surface area contributed by atoms with E-state index in [2.05, 4.69) is 26.6 Å². The van der Waals surface area contributed by atoms with Gasteiger partial charge in [-0.1, -0.05) is 28.1 Å². The van der Waals surface area contributed by atoms with Gasteiger partial charge in [0, 0.05) is 10.2 Å². The lowest BCUT2D eigenvalue weighted by molar-refractivity contribution is -0.122. The highest BCUT2D eigenvalue weighted by molar-refractivity contribution is 9.10. The molecular weight excluding hydrogens is 492 g/mol. The Morgan fingerprint density at radius 1 is 0.879 bits per heavy atom. The molecule has 0 radical (unpaired) electrons. The molecule has 9 nitrogen and oxygen atoms in total. The highest BCUT2D eigenvalue weighted by Crippen LogP contribution is 2.14. The van der Waals surface area contributed by atoms with Crippen molar-refractivity contribution in [1.82, 2.24) is 14.5 Å². The first-order valence-electron chi connectivity index (χ1n) is 9.99. The molecule has 0 saturated heterocycles. The number of carbonyl (C=O) groups excluding carboxylic acids is 2. The van der Waals surface area contributed by atoms with Crippen LogP contribution in [0.25, 0.3) is 10.9 Å². The van der Waals surface area contributed by atoms with E-state index in [4.69, 9.17) is 4.42 Å². The first-order chi connectivity index (χ1) is 15.9. The molecule has 0 aliphatic rings. The zero-order valence-corrected chi connectivity index (χ0v) is 18.9. The average Bonchev–Trinajstić information content (AvgIpc) is 3.33. The third kappa shape index (κ3) is 5.12. The predicted octanol–water partition coefficient (Wildman–Crippen LogP) is 2.47. The molecule has 0 aliphatic heterocycles. The monoisotopic (exact) mass is 510 g/mol. The van der Waals surface area contributed by atoms with Crippen LogP contribution in [-0.4, -0.2) is 20.9 Å². The van der Waals surface area contributed by atoms with Gasteiger partial charge in [-0.05, 0) is 48.5 Å². The molecule has 4 rings (SSSR count). The molecule has 0 aliphatic carbocycles. The highest BCUT2D eigenvalue weighted by Gasteiger charge is 2.17. The second-order valence-electron chi connectivity index (χ2n) is 7.19. The molecular formula is C23H19BrN4O5. The fraction of sp³-hybridized carbons (Fsp3) is 0.130. The molecule has 0 fully saturated rings. The lowest BCUT2D eigenvalue weighted by Crippen LogP contribution is -2.44. The molecule has 0 unspecified atom stereocenters. The molecule has 2 heterocycles. The number of fused-ring (bicyclic) bond motifs is 1. The van der Waals surface area contributed by atoms with Gasteiger partial charge in [0.15, 0.2) is 0 Å². The summed E-state index contributed by atoms with van der Waals surface area (Å²) >= 11 is 3.33. The maximum Gasteiger partial charge on any atom is 0.332 e. The smallest absolute Gasteiger partial charge is 0.332 e. The van der Waals surface area contributed by atoms with Crippen molar-refractivity contribution in [3.8, 4) is 0 Å². The summed E-state index contributed by atoms with van der Waals surface area (Å²) in [5.74, 6) is -0.444. The number of benzene rings is 2. The fourth-order valence-corrected chi connectivity index (χ4v) is 3.60. The summed E-state index contributed by atoms with van der Waals surface area (Å²) in [6, 6.07) is 16.8. The molecule has 0 saturated carbocycles. The fourth-order valence-electron chi connectivity index (χ4n) is 3.34. The molecule has 2 aromatic carbocycles. The van der Waals surface area contributed by atoms with Crippen LogP contribution < -0.4 is 21.9 Å². The van der Waals surface area contributed by atoms with E-state index in [9.17, 15) is 19.2 Å². The van der Waals surface area contributed by atoms with Gasteiger partial charge in [0.25, 0.3) is 5.56 Å². The molecule has 0 bridgehead atoms. The van der Waals surface area contributed by atoms with E-state index in [1.807, 2.05) is 0 Å². The van der Waals surface area contributed by atoms with Gasteiger partial charge in [-0.15, -0.1) is 0 Å². The number of halogens is 1. The summed E-state index contributed by atoms with van der Waals surface area (Å²) in [6.07, 6.45) is 1.48. The van der Waals surface area contributed by atoms with Crippen LogP contribution in [0.4, 0.5) is 5.69 Å². The summed E-state index contributed by atoms with van der Waals surface area (Å²) in [7, 11) is 0. The van der Waals surface area contributed by atoms with E-state index in [0.717, 1.165) is 9.04 Å². The van der Waals surface area contributed by atoms with Gasteiger partial charge in [0.2, 0.25) is 11.8 Å². The van der Waals surface area contributed by atoms with Crippen molar-refractivity contribution < 1.29 is 14.0 Å². The Labute approximate surface area is 195 Å². The summed E-state index contributed by atoms with van der Waals surface area (Å²) in [6.45, 7) is -0.695. The van der Waals surface area contributed by atoms with Crippen molar-refractivity contribution in [3.63, 3.8) is 0 Å². The number of para-hydroxylation sites is 1. The lowest BCUT2D eigenvalue weighted by atomic mass is 10.2. The predicted molar refractivity (Wildman–Crippen MR) is 126 cm³/mol. The SMILES string of the molecule is O=C(Cn1c(=O)c2ccccc2n(CC(=O)Nc2ccc(Br)cc2)c1=O)NCc1ccco1. The van der Waals surface area contributed by atoms with Crippen LogP contribution in [0.3, 0.4) is 0 Å². The second-order valence-corrected chi connectivity index (χ2v) is 8.10. The van der Waals surface area contributed by atoms with Crippen LogP contribution in [0.5, 0.6) is 0 Å². The number of nitrogens with one attached hydrogen (secondary N) is 2. The molecule has 10 heteroatoms. The Hall–Kier alpha value is -3.92. The van der Waals surface area contributed by atoms with Crippen molar-refractivity contribution in [2.75, 3.05) is 5.32 Å². The molecule has 33 heavy (non-hydrogen) atoms. The second kappa shape index (κ2) is 9.70. The molecule has 2 aromatic heterocycles. The molecule has 168 valence electrons. The van der Waals surface area contributed by atoms with Crippen LogP contribution in [0.1, 0.15) is 5.76 Å². The summed E-state index contributed by atoms with van der Waals surface area (Å²) < 4.78 is 8.03. The van der Waals surface area contributed by atoms with Crippen LogP contribution >= 0.6 is 15.9 Å². The van der Waals surface area contributed by atoms with Crippen LogP contribution in [0, 0.1) is 0 Å². The first kappa shape index (κ1) is 22.3. The zero-order chi connectivity index (χ0) is 23.4. The van der Waals surface area contributed by atoms with Crippen LogP contribution in [-0.2, 0) is 29.2 Å². The Balaban J connectivity index is 1.62. The number of anilines is 1. The number of aromatic nitrogens is 2. The third-order valence-corrected chi connectivity index (χ3v) is 5.43. The highest BCUT2D eigenvalue weighted by atomic mass is 79.9. The molecule has 2 amide bonds. The average molecular weight is 511 g/mol. The van der Waals surface area contributed by atoms with Gasteiger partial charge in [0.05, 0.1) is 23.7 Å². The normalized spacial score (nSPS) is 10.8. The van der Waals surface area contributed by atoms with E-state index >= 15 is 0 Å². The van der Waals surface area contributed by atoms with E-state index in [1.54, 1.807) is 60.7 Å². The van der Waals surface area contributed by atoms with Crippen LogP contribution in [0.2, 0.25) is 0 Å². The minimum Gasteiger partial charge on any atom is -0.467 e. The van der Waals surface area contributed by atoms with Crippen molar-refractivity contribution in [3.05, 3.63) is 98.0 Å². The lowest BCUT2D eigenvalue weighted by Gasteiger charge is -2.14. The van der Waals surface area contributed by atoms with Gasteiger partial charge in [0.1, 0.15) is 18.8 Å². The molecule has 0 atom stereocenters. The quantitative estimate of drug-likeness (QED) is 0.396. The Bertz CT molecular complexity index is 1420. The van der Waals surface area contributed by atoms with E-state index in [-0.39, 0.29) is 18.5 Å². The van der Waals surface area contributed by atoms with E-state index in [0.29, 0.717) is 17.0 Å². The van der Waals surface area contributed by atoms with E-state index < -0.39 is 29.6 Å². The number of nitrogens with zero attached hydrogens (tertiary/aromatic N) is 2. The zero-order valence-electron chi connectivity index (χ0n) is 17.3. The summed E-state index contributed by atoms with van der Waals surface area (Å²) in [5.41, 5.74) is -0.483. The largest absolute Gasteiger partial charge is 0.467 e. The molecule has 2 N–H and O–H groups in total. The molecule has 0 spiro atoms. The number of furan rings is 1. The van der Waals surface area contributed by atoms with Crippen LogP contribution in [0.15, 0.2) is 85.4 Å². The number of carbonyl (C=O) groups is 2.